The fourth-order valence-corrected chi connectivity index (χ4v) is 4.18. The van der Waals surface area contributed by atoms with Crippen molar-refractivity contribution in [1.29, 1.82) is 0 Å². The highest BCUT2D eigenvalue weighted by atomic mass is 35.5. The fraction of sp³-hybridized carbons (Fsp3) is 0.222. The second kappa shape index (κ2) is 9.65. The number of hydrogen-bond acceptors (Lipinski definition) is 7. The number of primary amides is 1. The molecule has 0 radical (unpaired) electrons. The Hall–Kier alpha value is -4.26. The molecule has 4 aromatic rings. The number of aliphatic hydroxyl groups is 1. The molecule has 188 valence electrons. The Morgan fingerprint density at radius 1 is 1.30 bits per heavy atom. The van der Waals surface area contributed by atoms with Gasteiger partial charge in [-0.2, -0.15) is 0 Å². The summed E-state index contributed by atoms with van der Waals surface area (Å²) in [5, 5.41) is 15.1. The van der Waals surface area contributed by atoms with E-state index in [1.807, 2.05) is 4.57 Å². The minimum absolute atomic E-state index is 0.0316. The lowest BCUT2D eigenvalue weighted by Gasteiger charge is -2.12. The van der Waals surface area contributed by atoms with Gasteiger partial charge in [0, 0.05) is 11.6 Å². The van der Waals surface area contributed by atoms with E-state index in [4.69, 9.17) is 31.3 Å². The first-order valence-corrected chi connectivity index (χ1v) is 11.8. The zero-order valence-electron chi connectivity index (χ0n) is 20.1. The van der Waals surface area contributed by atoms with E-state index in [9.17, 15) is 9.90 Å². The normalized spacial score (nSPS) is 13.7. The number of benzene rings is 2. The lowest BCUT2D eigenvalue weighted by molar-refractivity contribution is 0.0992. The third-order valence-corrected chi connectivity index (χ3v) is 6.19. The predicted molar refractivity (Wildman–Crippen MR) is 135 cm³/mol. The van der Waals surface area contributed by atoms with E-state index in [-0.39, 0.29) is 12.3 Å². The van der Waals surface area contributed by atoms with Gasteiger partial charge in [0.25, 0.3) is 5.91 Å². The number of aryl methyl sites for hydroxylation is 1. The quantitative estimate of drug-likeness (QED) is 0.384. The highest BCUT2D eigenvalue weighted by molar-refractivity contribution is 6.32. The molecule has 2 aromatic carbocycles. The van der Waals surface area contributed by atoms with Crippen LogP contribution in [0.4, 0.5) is 0 Å². The van der Waals surface area contributed by atoms with Crippen molar-refractivity contribution in [2.24, 2.45) is 5.73 Å². The number of carbonyl (C=O) groups excluding carboxylic acids is 1. The molecule has 3 N–H and O–H groups in total. The van der Waals surface area contributed by atoms with Gasteiger partial charge in [-0.25, -0.2) is 4.98 Å². The predicted octanol–water partition coefficient (Wildman–Crippen LogP) is 3.83. The van der Waals surface area contributed by atoms with Crippen molar-refractivity contribution in [2.75, 3.05) is 6.61 Å². The number of para-hydroxylation sites is 1. The van der Waals surface area contributed by atoms with Crippen LogP contribution in [-0.4, -0.2) is 32.3 Å². The van der Waals surface area contributed by atoms with Crippen molar-refractivity contribution in [3.05, 3.63) is 82.0 Å². The summed E-state index contributed by atoms with van der Waals surface area (Å²) in [4.78, 5) is 16.9. The summed E-state index contributed by atoms with van der Waals surface area (Å²) in [6, 6.07) is 14.1. The number of ether oxygens (including phenoxy) is 2. The van der Waals surface area contributed by atoms with E-state index in [0.717, 1.165) is 0 Å². The van der Waals surface area contributed by atoms with E-state index in [1.165, 1.54) is 0 Å². The molecule has 0 saturated carbocycles. The number of nitrogens with two attached hydrogens (primary N) is 1. The Kier molecular flexibility index (Phi) is 6.38. The number of imidazole rings is 1. The van der Waals surface area contributed by atoms with E-state index >= 15 is 0 Å². The largest absolute Gasteiger partial charge is 0.491 e. The molecular weight excluding hydrogens is 496 g/mol. The van der Waals surface area contributed by atoms with Gasteiger partial charge in [-0.15, -0.1) is 0 Å². The van der Waals surface area contributed by atoms with Gasteiger partial charge >= 0.3 is 0 Å². The summed E-state index contributed by atoms with van der Waals surface area (Å²) in [6.07, 6.45) is 0. The molecule has 0 fully saturated rings. The average Bonchev–Trinajstić information content (AvgIpc) is 3.42. The minimum atomic E-state index is -1.51. The molecule has 5 rings (SSSR count). The third kappa shape index (κ3) is 4.89. The van der Waals surface area contributed by atoms with E-state index in [0.29, 0.717) is 63.8 Å². The molecule has 9 nitrogen and oxygen atoms in total. The number of hydrogen-bond donors (Lipinski definition) is 2. The van der Waals surface area contributed by atoms with Crippen molar-refractivity contribution in [3.8, 4) is 34.7 Å². The van der Waals surface area contributed by atoms with Gasteiger partial charge in [0.15, 0.2) is 11.3 Å². The molecule has 0 spiro atoms. The molecule has 10 heteroatoms. The fourth-order valence-electron chi connectivity index (χ4n) is 3.99. The zero-order chi connectivity index (χ0) is 26.2. The van der Waals surface area contributed by atoms with Gasteiger partial charge in [-0.3, -0.25) is 4.79 Å². The van der Waals surface area contributed by atoms with Crippen LogP contribution in [0.5, 0.6) is 11.5 Å². The van der Waals surface area contributed by atoms with Crippen LogP contribution in [-0.2, 0) is 18.8 Å². The van der Waals surface area contributed by atoms with Crippen LogP contribution in [0.15, 0.2) is 53.1 Å². The van der Waals surface area contributed by atoms with Crippen LogP contribution in [0.2, 0.25) is 5.02 Å². The number of nitrogens with zero attached hydrogens (tertiary/aromatic N) is 3. The lowest BCUT2D eigenvalue weighted by atomic mass is 10.0. The maximum Gasteiger partial charge on any atom is 0.269 e. The molecule has 0 aliphatic carbocycles. The van der Waals surface area contributed by atoms with Crippen LogP contribution in [0.25, 0.3) is 11.4 Å². The Morgan fingerprint density at radius 2 is 2.11 bits per heavy atom. The maximum atomic E-state index is 12.3. The summed E-state index contributed by atoms with van der Waals surface area (Å²) in [6.45, 7) is 4.08. The van der Waals surface area contributed by atoms with Gasteiger partial charge in [-0.1, -0.05) is 40.7 Å². The number of halogens is 1. The van der Waals surface area contributed by atoms with Gasteiger partial charge in [0.05, 0.1) is 22.8 Å². The summed E-state index contributed by atoms with van der Waals surface area (Å²) >= 11 is 6.22. The topological polar surface area (TPSA) is 126 Å². The molecule has 0 saturated heterocycles. The van der Waals surface area contributed by atoms with Crippen molar-refractivity contribution in [2.45, 2.75) is 32.6 Å². The molecule has 37 heavy (non-hydrogen) atoms. The maximum absolute atomic E-state index is 12.3. The van der Waals surface area contributed by atoms with Crippen LogP contribution in [0.1, 0.15) is 40.1 Å². The summed E-state index contributed by atoms with van der Waals surface area (Å²) in [7, 11) is 0. The first-order valence-electron chi connectivity index (χ1n) is 11.5. The molecular formula is C27H23ClN4O5. The molecule has 1 aliphatic rings. The number of rotatable bonds is 5. The van der Waals surface area contributed by atoms with Crippen molar-refractivity contribution >= 4 is 17.5 Å². The van der Waals surface area contributed by atoms with Gasteiger partial charge in [-0.05, 0) is 44.2 Å². The third-order valence-electron chi connectivity index (χ3n) is 5.88. The SMILES string of the molecule is Cc1cc([C@](C)(O)C#Cc2ccc3c(c2)-c2nc(C(N)=O)c(COc4ccccc4Cl)n2CCO3)no1. The second-order valence-electron chi connectivity index (χ2n) is 8.67. The van der Waals surface area contributed by atoms with Crippen LogP contribution < -0.4 is 15.2 Å². The van der Waals surface area contributed by atoms with Crippen LogP contribution in [0.3, 0.4) is 0 Å². The Bertz CT molecular complexity index is 1560. The van der Waals surface area contributed by atoms with Crippen molar-refractivity contribution in [3.63, 3.8) is 0 Å². The van der Waals surface area contributed by atoms with Crippen LogP contribution in [0, 0.1) is 18.8 Å². The first kappa shape index (κ1) is 24.4. The lowest BCUT2D eigenvalue weighted by Crippen LogP contribution is -2.18. The zero-order valence-corrected chi connectivity index (χ0v) is 20.9. The average molecular weight is 519 g/mol. The summed E-state index contributed by atoms with van der Waals surface area (Å²) in [5.74, 6) is 7.29. The number of carbonyl (C=O) groups is 1. The number of amides is 1. The highest BCUT2D eigenvalue weighted by Gasteiger charge is 2.27. The Balaban J connectivity index is 1.52. The Morgan fingerprint density at radius 3 is 2.84 bits per heavy atom. The number of fused-ring (bicyclic) bond motifs is 3. The molecule has 1 aliphatic heterocycles. The first-order chi connectivity index (χ1) is 17.7. The van der Waals surface area contributed by atoms with Gasteiger partial charge in [0.2, 0.25) is 0 Å². The monoisotopic (exact) mass is 518 g/mol. The van der Waals surface area contributed by atoms with Crippen molar-refractivity contribution < 1.29 is 23.9 Å². The molecule has 1 amide bonds. The molecule has 2 aromatic heterocycles. The Labute approximate surface area is 217 Å². The summed E-state index contributed by atoms with van der Waals surface area (Å²) in [5.41, 5.74) is 6.34. The van der Waals surface area contributed by atoms with E-state index < -0.39 is 11.5 Å². The van der Waals surface area contributed by atoms with Crippen molar-refractivity contribution in [1.82, 2.24) is 14.7 Å². The second-order valence-corrected chi connectivity index (χ2v) is 9.08. The highest BCUT2D eigenvalue weighted by Crippen LogP contribution is 2.35. The minimum Gasteiger partial charge on any atom is -0.491 e. The molecule has 3 heterocycles. The smallest absolute Gasteiger partial charge is 0.269 e. The van der Waals surface area contributed by atoms with Gasteiger partial charge in [0.1, 0.15) is 42.0 Å². The van der Waals surface area contributed by atoms with Crippen LogP contribution >= 0.6 is 11.6 Å². The molecule has 0 bridgehead atoms. The molecule has 0 unspecified atom stereocenters. The summed E-state index contributed by atoms with van der Waals surface area (Å²) < 4.78 is 18.8. The van der Waals surface area contributed by atoms with E-state index in [1.54, 1.807) is 62.4 Å². The molecule has 1 atom stereocenters. The van der Waals surface area contributed by atoms with Gasteiger partial charge < -0.3 is 29.4 Å². The standard InChI is InChI=1S/C27H23ClN4O5/c1-16-13-23(31-37-16)27(2,34)10-9-17-7-8-21-18(14-17)26-30-24(25(29)33)20(32(26)11-12-35-21)15-36-22-6-4-3-5-19(22)28/h3-8,13-14,34H,11-12,15H2,1-2H3,(H2,29,33)/t27-/m1/s1. The number of aromatic nitrogens is 3. The van der Waals surface area contributed by atoms with E-state index in [2.05, 4.69) is 22.0 Å².